The smallest absolute Gasteiger partial charge is 0.232 e. The molecule has 17 heavy (non-hydrogen) atoms. The molecule has 2 bridgehead atoms. The molecule has 5 nitrogen and oxygen atoms in total. The van der Waals surface area contributed by atoms with Crippen molar-refractivity contribution in [3.05, 3.63) is 17.5 Å². The highest BCUT2D eigenvalue weighted by Crippen LogP contribution is 2.38. The lowest BCUT2D eigenvalue weighted by Gasteiger charge is -2.29. The van der Waals surface area contributed by atoms with Crippen LogP contribution in [0.2, 0.25) is 0 Å². The fourth-order valence-corrected chi connectivity index (χ4v) is 2.84. The van der Waals surface area contributed by atoms with Crippen molar-refractivity contribution in [3.63, 3.8) is 0 Å². The number of hydrogen-bond acceptors (Lipinski definition) is 3. The zero-order chi connectivity index (χ0) is 12.0. The van der Waals surface area contributed by atoms with Crippen LogP contribution in [0, 0.1) is 18.8 Å². The Kier molecular flexibility index (Phi) is 2.28. The van der Waals surface area contributed by atoms with Gasteiger partial charge < -0.3 is 0 Å². The van der Waals surface area contributed by atoms with E-state index in [-0.39, 0.29) is 23.7 Å². The molecule has 2 aliphatic rings. The van der Waals surface area contributed by atoms with E-state index >= 15 is 0 Å². The fourth-order valence-electron chi connectivity index (χ4n) is 2.84. The third kappa shape index (κ3) is 1.57. The van der Waals surface area contributed by atoms with E-state index in [4.69, 9.17) is 0 Å². The monoisotopic (exact) mass is 233 g/mol. The molecule has 3 rings (SSSR count). The van der Waals surface area contributed by atoms with Gasteiger partial charge in [0, 0.05) is 23.1 Å². The molecule has 1 saturated heterocycles. The summed E-state index contributed by atoms with van der Waals surface area (Å²) in [4.78, 5) is 25.6. The number of aryl methyl sites for hydroxylation is 1. The Balaban J connectivity index is 1.85. The van der Waals surface area contributed by atoms with Crippen molar-refractivity contribution < 1.29 is 9.59 Å². The van der Waals surface area contributed by atoms with Gasteiger partial charge in [-0.3, -0.25) is 19.6 Å². The first-order valence-electron chi connectivity index (χ1n) is 6.01. The van der Waals surface area contributed by atoms with Gasteiger partial charge in [0.25, 0.3) is 0 Å². The summed E-state index contributed by atoms with van der Waals surface area (Å²) in [6.07, 6.45) is 4.19. The Morgan fingerprint density at radius 1 is 1.35 bits per heavy atom. The number of aromatic amines is 1. The second-order valence-electron chi connectivity index (χ2n) is 4.99. The first-order valence-corrected chi connectivity index (χ1v) is 6.01. The lowest BCUT2D eigenvalue weighted by atomic mass is 9.96. The van der Waals surface area contributed by atoms with E-state index in [1.165, 1.54) is 4.90 Å². The molecular formula is C12H15N3O2. The molecule has 1 N–H and O–H groups in total. The number of imide groups is 1. The summed E-state index contributed by atoms with van der Waals surface area (Å²) in [6.45, 7) is 2.27. The molecule has 2 atom stereocenters. The van der Waals surface area contributed by atoms with Crippen molar-refractivity contribution in [3.8, 4) is 0 Å². The maximum absolute atomic E-state index is 12.1. The van der Waals surface area contributed by atoms with E-state index in [1.807, 2.05) is 6.92 Å². The Morgan fingerprint density at radius 2 is 2.00 bits per heavy atom. The summed E-state index contributed by atoms with van der Waals surface area (Å²) >= 11 is 0. The Morgan fingerprint density at radius 3 is 2.53 bits per heavy atom. The number of rotatable bonds is 2. The van der Waals surface area contributed by atoms with Crippen LogP contribution in [0.4, 0.5) is 0 Å². The molecule has 1 saturated carbocycles. The summed E-state index contributed by atoms with van der Waals surface area (Å²) < 4.78 is 0. The maximum Gasteiger partial charge on any atom is 0.232 e. The van der Waals surface area contributed by atoms with Gasteiger partial charge in [0.1, 0.15) is 0 Å². The van der Waals surface area contributed by atoms with Gasteiger partial charge in [-0.1, -0.05) is 0 Å². The molecule has 1 aliphatic carbocycles. The van der Waals surface area contributed by atoms with Gasteiger partial charge in [-0.25, -0.2) is 0 Å². The number of carbonyl (C=O) groups is 2. The van der Waals surface area contributed by atoms with Gasteiger partial charge >= 0.3 is 0 Å². The molecular weight excluding hydrogens is 218 g/mol. The summed E-state index contributed by atoms with van der Waals surface area (Å²) in [5, 5.41) is 6.74. The minimum Gasteiger partial charge on any atom is -0.283 e. The highest BCUT2D eigenvalue weighted by Gasteiger charge is 2.45. The van der Waals surface area contributed by atoms with Gasteiger partial charge in [-0.05, 0) is 26.2 Å². The Hall–Kier alpha value is -1.65. The first-order chi connectivity index (χ1) is 8.16. The van der Waals surface area contributed by atoms with Crippen molar-refractivity contribution in [1.29, 1.82) is 0 Å². The molecule has 2 heterocycles. The molecule has 2 fully saturated rings. The van der Waals surface area contributed by atoms with Crippen molar-refractivity contribution in [2.24, 2.45) is 11.8 Å². The maximum atomic E-state index is 12.1. The van der Waals surface area contributed by atoms with Crippen molar-refractivity contribution in [1.82, 2.24) is 15.1 Å². The van der Waals surface area contributed by atoms with Crippen LogP contribution in [-0.2, 0) is 16.1 Å². The molecule has 0 spiro atoms. The Labute approximate surface area is 99.2 Å². The van der Waals surface area contributed by atoms with Crippen molar-refractivity contribution in [2.45, 2.75) is 32.7 Å². The number of hydrogen-bond donors (Lipinski definition) is 1. The molecule has 1 aliphatic heterocycles. The second-order valence-corrected chi connectivity index (χ2v) is 4.99. The number of carbonyl (C=O) groups excluding carboxylic acids is 2. The van der Waals surface area contributed by atoms with E-state index in [1.54, 1.807) is 6.20 Å². The largest absolute Gasteiger partial charge is 0.283 e. The number of amides is 2. The molecule has 0 radical (unpaired) electrons. The predicted molar refractivity (Wildman–Crippen MR) is 59.7 cm³/mol. The van der Waals surface area contributed by atoms with Gasteiger partial charge in [0.05, 0.1) is 12.7 Å². The van der Waals surface area contributed by atoms with Gasteiger partial charge in [-0.2, -0.15) is 5.10 Å². The predicted octanol–water partition coefficient (Wildman–Crippen LogP) is 1.00. The van der Waals surface area contributed by atoms with E-state index in [2.05, 4.69) is 10.2 Å². The summed E-state index contributed by atoms with van der Waals surface area (Å²) in [5.74, 6) is 0.156. The zero-order valence-electron chi connectivity index (χ0n) is 9.77. The van der Waals surface area contributed by atoms with Crippen LogP contribution in [0.5, 0.6) is 0 Å². The van der Waals surface area contributed by atoms with Gasteiger partial charge in [-0.15, -0.1) is 0 Å². The third-order valence-corrected chi connectivity index (χ3v) is 3.93. The van der Waals surface area contributed by atoms with E-state index in [0.717, 1.165) is 30.5 Å². The minimum atomic E-state index is 0.00403. The third-order valence-electron chi connectivity index (χ3n) is 3.93. The second kappa shape index (κ2) is 3.68. The van der Waals surface area contributed by atoms with Crippen LogP contribution < -0.4 is 0 Å². The van der Waals surface area contributed by atoms with Crippen LogP contribution in [0.15, 0.2) is 6.20 Å². The SMILES string of the molecule is Cc1[nH]ncc1CN1C(=O)C2CCC(C2)C1=O. The zero-order valence-corrected chi connectivity index (χ0v) is 9.77. The van der Waals surface area contributed by atoms with Gasteiger partial charge in [0.15, 0.2) is 0 Å². The van der Waals surface area contributed by atoms with Crippen molar-refractivity contribution >= 4 is 11.8 Å². The highest BCUT2D eigenvalue weighted by atomic mass is 16.2. The van der Waals surface area contributed by atoms with Crippen LogP contribution in [0.1, 0.15) is 30.5 Å². The van der Waals surface area contributed by atoms with Crippen molar-refractivity contribution in [2.75, 3.05) is 0 Å². The fraction of sp³-hybridized carbons (Fsp3) is 0.583. The Bertz CT molecular complexity index is 458. The summed E-state index contributed by atoms with van der Waals surface area (Å²) in [7, 11) is 0. The number of H-pyrrole nitrogens is 1. The van der Waals surface area contributed by atoms with Gasteiger partial charge in [0.2, 0.25) is 11.8 Å². The number of piperidine rings is 1. The van der Waals surface area contributed by atoms with Crippen LogP contribution in [-0.4, -0.2) is 26.9 Å². The number of nitrogens with zero attached hydrogens (tertiary/aromatic N) is 2. The van der Waals surface area contributed by atoms with Crippen LogP contribution >= 0.6 is 0 Å². The van der Waals surface area contributed by atoms with Crippen LogP contribution in [0.25, 0.3) is 0 Å². The van der Waals surface area contributed by atoms with Crippen LogP contribution in [0.3, 0.4) is 0 Å². The number of likely N-dealkylation sites (tertiary alicyclic amines) is 1. The first kappa shape index (κ1) is 10.5. The molecule has 0 aromatic carbocycles. The van der Waals surface area contributed by atoms with E-state index in [9.17, 15) is 9.59 Å². The van der Waals surface area contributed by atoms with E-state index < -0.39 is 0 Å². The lowest BCUT2D eigenvalue weighted by molar-refractivity contribution is -0.153. The topological polar surface area (TPSA) is 66.1 Å². The average Bonchev–Trinajstić information content (AvgIpc) is 2.90. The molecule has 90 valence electrons. The standard InChI is InChI=1S/C12H15N3O2/c1-7-10(5-13-14-7)6-15-11(16)8-2-3-9(4-8)12(15)17/h5,8-9H,2-4,6H2,1H3,(H,13,14). The summed E-state index contributed by atoms with van der Waals surface area (Å²) in [5.41, 5.74) is 1.84. The van der Waals surface area contributed by atoms with E-state index in [0.29, 0.717) is 6.54 Å². The number of aromatic nitrogens is 2. The lowest BCUT2D eigenvalue weighted by Crippen LogP contribution is -2.45. The number of nitrogens with one attached hydrogen (secondary N) is 1. The number of fused-ring (bicyclic) bond motifs is 2. The molecule has 1 aromatic rings. The molecule has 5 heteroatoms. The molecule has 1 aromatic heterocycles. The summed E-state index contributed by atoms with van der Waals surface area (Å²) in [6, 6.07) is 0. The quantitative estimate of drug-likeness (QED) is 0.775. The average molecular weight is 233 g/mol. The highest BCUT2D eigenvalue weighted by molar-refractivity contribution is 6.00. The molecule has 2 amide bonds. The molecule has 2 unspecified atom stereocenters. The minimum absolute atomic E-state index is 0.00403. The normalized spacial score (nSPS) is 27.9.